The SMILES string of the molecule is CCN1C=C(C(F)(F)F)SC1Br. The molecule has 1 nitrogen and oxygen atoms in total. The Balaban J connectivity index is 2.72. The van der Waals surface area contributed by atoms with Crippen molar-refractivity contribution in [1.29, 1.82) is 0 Å². The van der Waals surface area contributed by atoms with Crippen LogP contribution in [0, 0.1) is 0 Å². The molecule has 0 spiro atoms. The molecule has 0 aromatic heterocycles. The lowest BCUT2D eigenvalue weighted by Crippen LogP contribution is -2.17. The van der Waals surface area contributed by atoms with E-state index < -0.39 is 11.1 Å². The van der Waals surface area contributed by atoms with E-state index in [4.69, 9.17) is 0 Å². The molecule has 0 radical (unpaired) electrons. The van der Waals surface area contributed by atoms with Crippen LogP contribution in [0.25, 0.3) is 0 Å². The summed E-state index contributed by atoms with van der Waals surface area (Å²) < 4.78 is 36.0. The topological polar surface area (TPSA) is 3.24 Å². The lowest BCUT2D eigenvalue weighted by atomic mass is 10.5. The van der Waals surface area contributed by atoms with Gasteiger partial charge in [0, 0.05) is 12.7 Å². The molecule has 0 aromatic rings. The summed E-state index contributed by atoms with van der Waals surface area (Å²) in [6, 6.07) is 0. The second-order valence-corrected chi connectivity index (χ2v) is 4.83. The van der Waals surface area contributed by atoms with Gasteiger partial charge in [-0.2, -0.15) is 13.2 Å². The molecule has 0 amide bonds. The van der Waals surface area contributed by atoms with Gasteiger partial charge in [-0.3, -0.25) is 0 Å². The molecule has 1 unspecified atom stereocenters. The molecular formula is C6H7BrF3NS. The zero-order valence-corrected chi connectivity index (χ0v) is 8.63. The third-order valence-electron chi connectivity index (χ3n) is 1.41. The number of halogens is 4. The first-order valence-electron chi connectivity index (χ1n) is 3.30. The average molecular weight is 262 g/mol. The molecule has 1 rings (SSSR count). The molecule has 0 N–H and O–H groups in total. The Morgan fingerprint density at radius 1 is 1.67 bits per heavy atom. The first kappa shape index (κ1) is 10.2. The van der Waals surface area contributed by atoms with Crippen LogP contribution < -0.4 is 0 Å². The Morgan fingerprint density at radius 3 is 2.50 bits per heavy atom. The van der Waals surface area contributed by atoms with E-state index in [1.807, 2.05) is 6.92 Å². The summed E-state index contributed by atoms with van der Waals surface area (Å²) in [4.78, 5) is 1.05. The molecule has 1 aliphatic rings. The van der Waals surface area contributed by atoms with Crippen LogP contribution in [-0.4, -0.2) is 21.9 Å². The van der Waals surface area contributed by atoms with Crippen LogP contribution in [0.5, 0.6) is 0 Å². The summed E-state index contributed by atoms with van der Waals surface area (Å²) in [5.41, 5.74) is 0. The lowest BCUT2D eigenvalue weighted by molar-refractivity contribution is -0.0839. The maximum Gasteiger partial charge on any atom is 0.423 e. The predicted molar refractivity (Wildman–Crippen MR) is 46.8 cm³/mol. The van der Waals surface area contributed by atoms with Crippen LogP contribution in [0.2, 0.25) is 0 Å². The molecule has 12 heavy (non-hydrogen) atoms. The van der Waals surface area contributed by atoms with Crippen LogP contribution in [0.3, 0.4) is 0 Å². The average Bonchev–Trinajstić information content (AvgIpc) is 2.29. The van der Waals surface area contributed by atoms with Crippen LogP contribution in [0.15, 0.2) is 11.1 Å². The Morgan fingerprint density at radius 2 is 2.25 bits per heavy atom. The highest BCUT2D eigenvalue weighted by atomic mass is 79.9. The second-order valence-electron chi connectivity index (χ2n) is 2.23. The van der Waals surface area contributed by atoms with E-state index in [2.05, 4.69) is 15.9 Å². The zero-order chi connectivity index (χ0) is 9.35. The molecule has 1 heterocycles. The standard InChI is InChI=1S/C6H7BrF3NS/c1-2-11-3-4(6(8,9)10)12-5(11)7/h3,5H,2H2,1H3. The smallest absolute Gasteiger partial charge is 0.355 e. The van der Waals surface area contributed by atoms with Gasteiger partial charge < -0.3 is 4.90 Å². The van der Waals surface area contributed by atoms with E-state index in [0.29, 0.717) is 6.54 Å². The molecule has 0 aromatic carbocycles. The van der Waals surface area contributed by atoms with Gasteiger partial charge in [0.2, 0.25) is 0 Å². The van der Waals surface area contributed by atoms with Crippen LogP contribution in [-0.2, 0) is 0 Å². The molecule has 0 saturated heterocycles. The predicted octanol–water partition coefficient (Wildman–Crippen LogP) is 3.14. The molecule has 1 atom stereocenters. The lowest BCUT2D eigenvalue weighted by Gasteiger charge is -2.16. The van der Waals surface area contributed by atoms with Gasteiger partial charge in [-0.1, -0.05) is 27.7 Å². The third-order valence-corrected chi connectivity index (χ3v) is 3.56. The molecule has 0 aliphatic carbocycles. The van der Waals surface area contributed by atoms with Gasteiger partial charge in [-0.15, -0.1) is 0 Å². The Hall–Kier alpha value is 0.160. The van der Waals surface area contributed by atoms with E-state index in [1.54, 1.807) is 4.90 Å². The molecule has 0 fully saturated rings. The highest BCUT2D eigenvalue weighted by Gasteiger charge is 2.40. The van der Waals surface area contributed by atoms with Crippen molar-refractivity contribution in [3.05, 3.63) is 11.1 Å². The van der Waals surface area contributed by atoms with E-state index in [-0.39, 0.29) is 4.28 Å². The van der Waals surface area contributed by atoms with Crippen molar-refractivity contribution in [2.75, 3.05) is 6.54 Å². The maximum atomic E-state index is 12.1. The maximum absolute atomic E-state index is 12.1. The van der Waals surface area contributed by atoms with Gasteiger partial charge in [-0.25, -0.2) is 0 Å². The van der Waals surface area contributed by atoms with Crippen molar-refractivity contribution in [1.82, 2.24) is 4.90 Å². The van der Waals surface area contributed by atoms with E-state index in [0.717, 1.165) is 18.0 Å². The Bertz CT molecular complexity index is 203. The minimum Gasteiger partial charge on any atom is -0.355 e. The van der Waals surface area contributed by atoms with Crippen molar-refractivity contribution in [2.24, 2.45) is 0 Å². The number of thioether (sulfide) groups is 1. The summed E-state index contributed by atoms with van der Waals surface area (Å²) >= 11 is 3.92. The number of alkyl halides is 4. The molecule has 6 heteroatoms. The first-order chi connectivity index (χ1) is 5.45. The summed E-state index contributed by atoms with van der Waals surface area (Å²) in [5, 5.41) is 0. The van der Waals surface area contributed by atoms with Gasteiger partial charge in [0.25, 0.3) is 0 Å². The largest absolute Gasteiger partial charge is 0.423 e. The summed E-state index contributed by atoms with van der Waals surface area (Å²) in [6.45, 7) is 2.38. The van der Waals surface area contributed by atoms with Crippen LogP contribution in [0.4, 0.5) is 13.2 Å². The zero-order valence-electron chi connectivity index (χ0n) is 6.23. The first-order valence-corrected chi connectivity index (χ1v) is 5.10. The highest BCUT2D eigenvalue weighted by Crippen LogP contribution is 2.44. The number of nitrogens with zero attached hydrogens (tertiary/aromatic N) is 1. The van der Waals surface area contributed by atoms with Crippen molar-refractivity contribution in [3.63, 3.8) is 0 Å². The molecular weight excluding hydrogens is 255 g/mol. The van der Waals surface area contributed by atoms with E-state index >= 15 is 0 Å². The van der Waals surface area contributed by atoms with Crippen molar-refractivity contribution in [2.45, 2.75) is 17.4 Å². The quantitative estimate of drug-likeness (QED) is 0.527. The number of allylic oxidation sites excluding steroid dienone is 1. The molecule has 0 bridgehead atoms. The number of hydrogen-bond acceptors (Lipinski definition) is 2. The van der Waals surface area contributed by atoms with Crippen molar-refractivity contribution in [3.8, 4) is 0 Å². The van der Waals surface area contributed by atoms with Crippen molar-refractivity contribution >= 4 is 27.7 Å². The molecule has 0 saturated carbocycles. The number of rotatable bonds is 1. The fourth-order valence-electron chi connectivity index (χ4n) is 0.787. The normalized spacial score (nSPS) is 24.6. The van der Waals surface area contributed by atoms with Gasteiger partial charge in [0.05, 0.1) is 0 Å². The van der Waals surface area contributed by atoms with E-state index in [9.17, 15) is 13.2 Å². The van der Waals surface area contributed by atoms with Gasteiger partial charge in [0.15, 0.2) is 0 Å². The fraction of sp³-hybridized carbons (Fsp3) is 0.667. The van der Waals surface area contributed by atoms with Crippen LogP contribution >= 0.6 is 27.7 Å². The van der Waals surface area contributed by atoms with Crippen LogP contribution in [0.1, 0.15) is 6.92 Å². The minimum absolute atomic E-state index is 0.279. The monoisotopic (exact) mass is 261 g/mol. The second kappa shape index (κ2) is 3.49. The summed E-state index contributed by atoms with van der Waals surface area (Å²) in [7, 11) is 0. The summed E-state index contributed by atoms with van der Waals surface area (Å²) in [5.74, 6) is 0. The van der Waals surface area contributed by atoms with Gasteiger partial charge >= 0.3 is 6.18 Å². The Labute approximate surface area is 81.1 Å². The molecule has 70 valence electrons. The van der Waals surface area contributed by atoms with Gasteiger partial charge in [0.1, 0.15) is 9.19 Å². The molecule has 1 aliphatic heterocycles. The number of hydrogen-bond donors (Lipinski definition) is 0. The Kier molecular flexibility index (Phi) is 2.98. The third kappa shape index (κ3) is 2.10. The highest BCUT2D eigenvalue weighted by molar-refractivity contribution is 9.11. The van der Waals surface area contributed by atoms with E-state index in [1.165, 1.54) is 0 Å². The fourth-order valence-corrected chi connectivity index (χ4v) is 2.68. The minimum atomic E-state index is -4.21. The summed E-state index contributed by atoms with van der Waals surface area (Å²) in [6.07, 6.45) is -3.06. The van der Waals surface area contributed by atoms with Gasteiger partial charge in [-0.05, 0) is 6.92 Å². The van der Waals surface area contributed by atoms with Crippen molar-refractivity contribution < 1.29 is 13.2 Å².